The molecule has 1 aliphatic carbocycles. The average Bonchev–Trinajstić information content (AvgIpc) is 2.87. The maximum Gasteiger partial charge on any atom is 0.110 e. The lowest BCUT2D eigenvalue weighted by atomic mass is 10.3. The second-order valence-corrected chi connectivity index (χ2v) is 4.25. The van der Waals surface area contributed by atoms with Crippen molar-refractivity contribution in [2.45, 2.75) is 18.9 Å². The van der Waals surface area contributed by atoms with Crippen molar-refractivity contribution in [2.75, 3.05) is 0 Å². The van der Waals surface area contributed by atoms with Gasteiger partial charge in [0.25, 0.3) is 0 Å². The van der Waals surface area contributed by atoms with E-state index in [4.69, 9.17) is 0 Å². The average molecular weight is 238 g/mol. The van der Waals surface area contributed by atoms with E-state index in [2.05, 4.69) is 36.9 Å². The highest BCUT2D eigenvalue weighted by Crippen LogP contribution is 2.35. The minimum absolute atomic E-state index is 0.638. The van der Waals surface area contributed by atoms with Crippen LogP contribution in [0.5, 0.6) is 0 Å². The summed E-state index contributed by atoms with van der Waals surface area (Å²) in [4.78, 5) is 4.11. The first-order valence-electron chi connectivity index (χ1n) is 4.33. The lowest BCUT2D eigenvalue weighted by Crippen LogP contribution is -1.92. The Balaban J connectivity index is 2.26. The van der Waals surface area contributed by atoms with Crippen LogP contribution in [0.25, 0.3) is 10.9 Å². The maximum absolute atomic E-state index is 4.50. The quantitative estimate of drug-likeness (QED) is 0.764. The summed E-state index contributed by atoms with van der Waals surface area (Å²) >= 11 is 3.44. The smallest absolute Gasteiger partial charge is 0.110 e. The molecule has 66 valence electrons. The van der Waals surface area contributed by atoms with Gasteiger partial charge >= 0.3 is 0 Å². The standard InChI is InChI=1S/C9H8BrN3/c10-8-4-11-3-6-5-13(7-1-2-7)12-9(6)8/h3-5,7H,1-2H2. The molecule has 0 atom stereocenters. The molecule has 0 radical (unpaired) electrons. The summed E-state index contributed by atoms with van der Waals surface area (Å²) in [5, 5.41) is 5.62. The third-order valence-corrected chi connectivity index (χ3v) is 2.89. The van der Waals surface area contributed by atoms with E-state index in [9.17, 15) is 0 Å². The molecular weight excluding hydrogens is 230 g/mol. The van der Waals surface area contributed by atoms with Crippen molar-refractivity contribution in [3.63, 3.8) is 0 Å². The van der Waals surface area contributed by atoms with Gasteiger partial charge in [-0.2, -0.15) is 5.10 Å². The fourth-order valence-corrected chi connectivity index (χ4v) is 1.88. The molecule has 0 spiro atoms. The number of rotatable bonds is 1. The SMILES string of the molecule is Brc1cncc2cn(C3CC3)nc12. The van der Waals surface area contributed by atoms with Crippen LogP contribution in [0.2, 0.25) is 0 Å². The zero-order valence-electron chi connectivity index (χ0n) is 6.94. The van der Waals surface area contributed by atoms with Gasteiger partial charge in [0, 0.05) is 24.0 Å². The summed E-state index contributed by atoms with van der Waals surface area (Å²) in [6.45, 7) is 0. The Bertz CT molecular complexity index is 459. The molecule has 0 aliphatic heterocycles. The number of hydrogen-bond acceptors (Lipinski definition) is 2. The first kappa shape index (κ1) is 7.50. The van der Waals surface area contributed by atoms with Crippen LogP contribution >= 0.6 is 15.9 Å². The third kappa shape index (κ3) is 1.16. The Kier molecular flexibility index (Phi) is 1.47. The molecular formula is C9H8BrN3. The highest BCUT2D eigenvalue weighted by atomic mass is 79.9. The molecule has 1 aliphatic rings. The van der Waals surface area contributed by atoms with Gasteiger partial charge in [-0.15, -0.1) is 0 Å². The van der Waals surface area contributed by atoms with Crippen molar-refractivity contribution in [1.29, 1.82) is 0 Å². The van der Waals surface area contributed by atoms with Crippen LogP contribution in [0, 0.1) is 0 Å². The van der Waals surface area contributed by atoms with Gasteiger partial charge < -0.3 is 0 Å². The Morgan fingerprint density at radius 1 is 1.38 bits per heavy atom. The molecule has 0 bridgehead atoms. The third-order valence-electron chi connectivity index (χ3n) is 2.31. The minimum Gasteiger partial charge on any atom is -0.268 e. The molecule has 2 heterocycles. The van der Waals surface area contributed by atoms with Crippen molar-refractivity contribution in [3.05, 3.63) is 23.1 Å². The zero-order chi connectivity index (χ0) is 8.84. The van der Waals surface area contributed by atoms with Gasteiger partial charge in [-0.1, -0.05) is 0 Å². The molecule has 0 amide bonds. The molecule has 13 heavy (non-hydrogen) atoms. The summed E-state index contributed by atoms with van der Waals surface area (Å²) in [6.07, 6.45) is 8.24. The number of hydrogen-bond donors (Lipinski definition) is 0. The molecule has 3 nitrogen and oxygen atoms in total. The monoisotopic (exact) mass is 237 g/mol. The van der Waals surface area contributed by atoms with E-state index >= 15 is 0 Å². The van der Waals surface area contributed by atoms with Crippen LogP contribution < -0.4 is 0 Å². The molecule has 0 unspecified atom stereocenters. The van der Waals surface area contributed by atoms with E-state index in [1.54, 1.807) is 6.20 Å². The summed E-state index contributed by atoms with van der Waals surface area (Å²) in [5.74, 6) is 0. The molecule has 2 aromatic heterocycles. The van der Waals surface area contributed by atoms with Crippen molar-refractivity contribution in [3.8, 4) is 0 Å². The first-order chi connectivity index (χ1) is 6.34. The van der Waals surface area contributed by atoms with Gasteiger partial charge in [0.1, 0.15) is 5.52 Å². The molecule has 3 rings (SSSR count). The number of fused-ring (bicyclic) bond motifs is 1. The van der Waals surface area contributed by atoms with Gasteiger partial charge in [0.2, 0.25) is 0 Å². The highest BCUT2D eigenvalue weighted by molar-refractivity contribution is 9.10. The number of aromatic nitrogens is 3. The number of pyridine rings is 1. The number of nitrogens with zero attached hydrogens (tertiary/aromatic N) is 3. The van der Waals surface area contributed by atoms with Gasteiger partial charge in [0.05, 0.1) is 10.5 Å². The zero-order valence-corrected chi connectivity index (χ0v) is 8.53. The number of halogens is 1. The maximum atomic E-state index is 4.50. The van der Waals surface area contributed by atoms with E-state index in [1.807, 2.05) is 6.20 Å². The lowest BCUT2D eigenvalue weighted by molar-refractivity contribution is 0.649. The lowest BCUT2D eigenvalue weighted by Gasteiger charge is -1.92. The van der Waals surface area contributed by atoms with E-state index < -0.39 is 0 Å². The van der Waals surface area contributed by atoms with Crippen LogP contribution in [0.15, 0.2) is 23.1 Å². The van der Waals surface area contributed by atoms with Crippen molar-refractivity contribution in [2.24, 2.45) is 0 Å². The van der Waals surface area contributed by atoms with E-state index in [0.29, 0.717) is 6.04 Å². The van der Waals surface area contributed by atoms with Crippen molar-refractivity contribution >= 4 is 26.8 Å². The Morgan fingerprint density at radius 2 is 2.23 bits per heavy atom. The fraction of sp³-hybridized carbons (Fsp3) is 0.333. The van der Waals surface area contributed by atoms with E-state index in [0.717, 1.165) is 15.4 Å². The minimum atomic E-state index is 0.638. The molecule has 1 fully saturated rings. The van der Waals surface area contributed by atoms with Crippen molar-refractivity contribution in [1.82, 2.24) is 14.8 Å². The normalized spacial score (nSPS) is 16.7. The van der Waals surface area contributed by atoms with Crippen LogP contribution in [0.1, 0.15) is 18.9 Å². The second-order valence-electron chi connectivity index (χ2n) is 3.40. The van der Waals surface area contributed by atoms with Crippen LogP contribution in [-0.2, 0) is 0 Å². The summed E-state index contributed by atoms with van der Waals surface area (Å²) in [6, 6.07) is 0.638. The predicted molar refractivity (Wildman–Crippen MR) is 53.5 cm³/mol. The molecule has 1 saturated carbocycles. The van der Waals surface area contributed by atoms with Gasteiger partial charge in [-0.3, -0.25) is 9.67 Å². The Labute approximate surface area is 83.9 Å². The molecule has 0 saturated heterocycles. The van der Waals surface area contributed by atoms with Gasteiger partial charge in [0.15, 0.2) is 0 Å². The van der Waals surface area contributed by atoms with Gasteiger partial charge in [-0.05, 0) is 28.8 Å². The van der Waals surface area contributed by atoms with Crippen LogP contribution in [-0.4, -0.2) is 14.8 Å². The second kappa shape index (κ2) is 2.54. The largest absolute Gasteiger partial charge is 0.268 e. The van der Waals surface area contributed by atoms with Crippen LogP contribution in [0.3, 0.4) is 0 Å². The highest BCUT2D eigenvalue weighted by Gasteiger charge is 2.24. The van der Waals surface area contributed by atoms with Crippen LogP contribution in [0.4, 0.5) is 0 Å². The summed E-state index contributed by atoms with van der Waals surface area (Å²) in [7, 11) is 0. The topological polar surface area (TPSA) is 30.7 Å². The Morgan fingerprint density at radius 3 is 2.92 bits per heavy atom. The van der Waals surface area contributed by atoms with E-state index in [1.165, 1.54) is 12.8 Å². The van der Waals surface area contributed by atoms with E-state index in [-0.39, 0.29) is 0 Å². The fourth-order valence-electron chi connectivity index (χ4n) is 1.46. The molecule has 0 N–H and O–H groups in total. The molecule has 0 aromatic carbocycles. The molecule has 2 aromatic rings. The summed E-state index contributed by atoms with van der Waals surface area (Å²) < 4.78 is 3.03. The van der Waals surface area contributed by atoms with Crippen molar-refractivity contribution < 1.29 is 0 Å². The molecule has 4 heteroatoms. The first-order valence-corrected chi connectivity index (χ1v) is 5.12. The van der Waals surface area contributed by atoms with Gasteiger partial charge in [-0.25, -0.2) is 0 Å². The Hall–Kier alpha value is -0.900. The predicted octanol–water partition coefficient (Wildman–Crippen LogP) is 2.53. The summed E-state index contributed by atoms with van der Waals surface area (Å²) in [5.41, 5.74) is 1.02.